The van der Waals surface area contributed by atoms with Crippen LogP contribution in [-0.4, -0.2) is 4.98 Å². The van der Waals surface area contributed by atoms with E-state index in [0.29, 0.717) is 0 Å². The summed E-state index contributed by atoms with van der Waals surface area (Å²) in [5, 5.41) is 1.70. The second-order valence-electron chi connectivity index (χ2n) is 2.43. The Balaban J connectivity index is 2.96. The molecule has 2 rings (SSSR count). The summed E-state index contributed by atoms with van der Waals surface area (Å²) in [6, 6.07) is 7.57. The van der Waals surface area contributed by atoms with Gasteiger partial charge in [-0.15, -0.1) is 0 Å². The van der Waals surface area contributed by atoms with Crippen molar-refractivity contribution < 1.29 is 0 Å². The Hall–Kier alpha value is -0.600. The molecule has 0 bridgehead atoms. The molecule has 0 N–H and O–H groups in total. The summed E-state index contributed by atoms with van der Waals surface area (Å²) in [5.74, 6) is 0. The number of halogens is 2. The molecule has 2 aromatic rings. The van der Waals surface area contributed by atoms with Gasteiger partial charge in [0.25, 0.3) is 0 Å². The van der Waals surface area contributed by atoms with Crippen molar-refractivity contribution in [1.29, 1.82) is 0 Å². The van der Waals surface area contributed by atoms with Crippen LogP contribution >= 0.6 is 27.5 Å². The van der Waals surface area contributed by atoms with Gasteiger partial charge in [0.05, 0.1) is 10.5 Å². The molecule has 0 radical (unpaired) electrons. The second-order valence-corrected chi connectivity index (χ2v) is 3.69. The summed E-state index contributed by atoms with van der Waals surface area (Å²) in [6.07, 6.45) is 1.75. The van der Waals surface area contributed by atoms with Crippen LogP contribution in [0.2, 0.25) is 5.02 Å². The molecule has 0 aliphatic carbocycles. The molecule has 3 heteroatoms. The lowest BCUT2D eigenvalue weighted by Crippen LogP contribution is -1.79. The predicted molar refractivity (Wildman–Crippen MR) is 54.5 cm³/mol. The van der Waals surface area contributed by atoms with Gasteiger partial charge in [0.2, 0.25) is 0 Å². The monoisotopic (exact) mass is 241 g/mol. The Bertz CT molecular complexity index is 391. The largest absolute Gasteiger partial charge is 0.256 e. The van der Waals surface area contributed by atoms with Gasteiger partial charge in [0.15, 0.2) is 0 Å². The highest BCUT2D eigenvalue weighted by molar-refractivity contribution is 9.10. The van der Waals surface area contributed by atoms with Crippen molar-refractivity contribution >= 4 is 38.4 Å². The number of pyridine rings is 1. The van der Waals surface area contributed by atoms with Crippen molar-refractivity contribution in [2.75, 3.05) is 0 Å². The van der Waals surface area contributed by atoms with Gasteiger partial charge in [-0.2, -0.15) is 0 Å². The third-order valence-corrected chi connectivity index (χ3v) is 2.64. The number of hydrogen-bond donors (Lipinski definition) is 0. The molecule has 60 valence electrons. The molecule has 1 nitrogen and oxygen atoms in total. The Labute approximate surface area is 83.5 Å². The summed E-state index contributed by atoms with van der Waals surface area (Å²) < 4.78 is 0.984. The van der Waals surface area contributed by atoms with Crippen molar-refractivity contribution in [2.24, 2.45) is 0 Å². The van der Waals surface area contributed by atoms with Crippen LogP contribution in [0.1, 0.15) is 0 Å². The maximum atomic E-state index is 5.99. The average Bonchev–Trinajstić information content (AvgIpc) is 2.04. The Kier molecular flexibility index (Phi) is 2.03. The van der Waals surface area contributed by atoms with E-state index in [0.717, 1.165) is 20.4 Å². The van der Waals surface area contributed by atoms with Crippen LogP contribution in [0.25, 0.3) is 10.9 Å². The van der Waals surface area contributed by atoms with Crippen molar-refractivity contribution in [2.45, 2.75) is 0 Å². The van der Waals surface area contributed by atoms with Gasteiger partial charge < -0.3 is 0 Å². The summed E-state index contributed by atoms with van der Waals surface area (Å²) in [5.41, 5.74) is 0.914. The summed E-state index contributed by atoms with van der Waals surface area (Å²) in [6.45, 7) is 0. The zero-order chi connectivity index (χ0) is 8.55. The van der Waals surface area contributed by atoms with E-state index in [1.54, 1.807) is 6.20 Å². The Morgan fingerprint density at radius 3 is 2.83 bits per heavy atom. The average molecular weight is 243 g/mol. The highest BCUT2D eigenvalue weighted by atomic mass is 79.9. The summed E-state index contributed by atoms with van der Waals surface area (Å²) >= 11 is 9.42. The first kappa shape index (κ1) is 8.02. The normalized spacial score (nSPS) is 10.5. The first-order chi connectivity index (χ1) is 5.79. The highest BCUT2D eigenvalue weighted by Crippen LogP contribution is 2.28. The lowest BCUT2D eigenvalue weighted by Gasteiger charge is -2.00. The molecule has 0 unspecified atom stereocenters. The summed E-state index contributed by atoms with van der Waals surface area (Å²) in [4.78, 5) is 4.19. The summed E-state index contributed by atoms with van der Waals surface area (Å²) in [7, 11) is 0. The molecule has 1 aromatic carbocycles. The maximum absolute atomic E-state index is 5.99. The smallest absolute Gasteiger partial charge is 0.0728 e. The van der Waals surface area contributed by atoms with E-state index in [1.165, 1.54) is 0 Å². The topological polar surface area (TPSA) is 12.9 Å². The fourth-order valence-electron chi connectivity index (χ4n) is 1.12. The van der Waals surface area contributed by atoms with Crippen LogP contribution in [-0.2, 0) is 0 Å². The fraction of sp³-hybridized carbons (Fsp3) is 0. The predicted octanol–water partition coefficient (Wildman–Crippen LogP) is 3.65. The number of benzene rings is 1. The molecule has 0 aliphatic heterocycles. The van der Waals surface area contributed by atoms with Gasteiger partial charge >= 0.3 is 0 Å². The van der Waals surface area contributed by atoms with E-state index in [1.807, 2.05) is 24.3 Å². The Morgan fingerprint density at radius 1 is 1.25 bits per heavy atom. The van der Waals surface area contributed by atoms with E-state index < -0.39 is 0 Å². The molecule has 0 amide bonds. The number of nitrogens with zero attached hydrogens (tertiary/aromatic N) is 1. The van der Waals surface area contributed by atoms with Crippen LogP contribution in [0.3, 0.4) is 0 Å². The molecule has 0 saturated heterocycles. The highest BCUT2D eigenvalue weighted by Gasteiger charge is 2.01. The zero-order valence-corrected chi connectivity index (χ0v) is 8.43. The standard InChI is InChI=1S/C9H5BrClN/c10-6-4-5-12-8-3-1-2-7(11)9(6)8/h1-5H. The van der Waals surface area contributed by atoms with Gasteiger partial charge in [-0.25, -0.2) is 0 Å². The van der Waals surface area contributed by atoms with Gasteiger partial charge in [0, 0.05) is 16.1 Å². The van der Waals surface area contributed by atoms with Crippen LogP contribution in [0, 0.1) is 0 Å². The number of aromatic nitrogens is 1. The Morgan fingerprint density at radius 2 is 2.08 bits per heavy atom. The minimum atomic E-state index is 0.729. The fourth-order valence-corrected chi connectivity index (χ4v) is 2.04. The quantitative estimate of drug-likeness (QED) is 0.687. The van der Waals surface area contributed by atoms with E-state index >= 15 is 0 Å². The van der Waals surface area contributed by atoms with Crippen LogP contribution in [0.4, 0.5) is 0 Å². The molecule has 0 saturated carbocycles. The van der Waals surface area contributed by atoms with Crippen molar-refractivity contribution in [3.63, 3.8) is 0 Å². The first-order valence-corrected chi connectivity index (χ1v) is 4.65. The molecule has 12 heavy (non-hydrogen) atoms. The first-order valence-electron chi connectivity index (χ1n) is 3.48. The van der Waals surface area contributed by atoms with E-state index in [2.05, 4.69) is 20.9 Å². The van der Waals surface area contributed by atoms with Crippen molar-refractivity contribution in [3.05, 3.63) is 40.0 Å². The number of rotatable bonds is 0. The van der Waals surface area contributed by atoms with Crippen molar-refractivity contribution in [3.8, 4) is 0 Å². The van der Waals surface area contributed by atoms with Gasteiger partial charge in [-0.1, -0.05) is 17.7 Å². The minimum Gasteiger partial charge on any atom is -0.256 e. The molecule has 0 spiro atoms. The van der Waals surface area contributed by atoms with E-state index in [9.17, 15) is 0 Å². The van der Waals surface area contributed by atoms with Crippen molar-refractivity contribution in [1.82, 2.24) is 4.98 Å². The molecule has 0 fully saturated rings. The minimum absolute atomic E-state index is 0.729. The molecule has 0 aliphatic rings. The molecular formula is C9H5BrClN. The lowest BCUT2D eigenvalue weighted by molar-refractivity contribution is 1.40. The number of fused-ring (bicyclic) bond motifs is 1. The van der Waals surface area contributed by atoms with Gasteiger partial charge in [0.1, 0.15) is 0 Å². The number of hydrogen-bond acceptors (Lipinski definition) is 1. The van der Waals surface area contributed by atoms with Gasteiger partial charge in [-0.3, -0.25) is 4.98 Å². The lowest BCUT2D eigenvalue weighted by atomic mass is 10.2. The SMILES string of the molecule is Clc1cccc2nccc(Br)c12. The molecular weight excluding hydrogens is 237 g/mol. The molecule has 1 aromatic heterocycles. The zero-order valence-electron chi connectivity index (χ0n) is 6.09. The second kappa shape index (κ2) is 3.04. The van der Waals surface area contributed by atoms with Crippen LogP contribution in [0.15, 0.2) is 34.9 Å². The third-order valence-electron chi connectivity index (χ3n) is 1.66. The van der Waals surface area contributed by atoms with Crippen LogP contribution < -0.4 is 0 Å². The van der Waals surface area contributed by atoms with E-state index in [-0.39, 0.29) is 0 Å². The molecule has 1 heterocycles. The third kappa shape index (κ3) is 1.21. The van der Waals surface area contributed by atoms with Crippen LogP contribution in [0.5, 0.6) is 0 Å². The van der Waals surface area contributed by atoms with Gasteiger partial charge in [-0.05, 0) is 34.1 Å². The molecule has 0 atom stereocenters. The van der Waals surface area contributed by atoms with E-state index in [4.69, 9.17) is 11.6 Å². The maximum Gasteiger partial charge on any atom is 0.0728 e.